The smallest absolute Gasteiger partial charge is 0.326 e. The Balaban J connectivity index is 2.72. The predicted octanol–water partition coefficient (Wildman–Crippen LogP) is 2.69. The van der Waals surface area contributed by atoms with Gasteiger partial charge < -0.3 is 15.2 Å². The number of carboxylic acids is 1. The summed E-state index contributed by atoms with van der Waals surface area (Å²) < 4.78 is 5.53. The summed E-state index contributed by atoms with van der Waals surface area (Å²) in [4.78, 5) is 23.6. The number of carbonyl (C=O) groups is 2. The molecule has 0 radical (unpaired) electrons. The molecule has 0 spiro atoms. The minimum Gasteiger partial charge on any atom is -0.480 e. The largest absolute Gasteiger partial charge is 0.480 e. The second-order valence-corrected chi connectivity index (χ2v) is 6.36. The van der Waals surface area contributed by atoms with Crippen LogP contribution < -0.4 is 5.32 Å². The number of rotatable bonds is 6. The Hall–Kier alpha value is -1.88. The number of carboxylic acid groups (broad SMARTS) is 1. The van der Waals surface area contributed by atoms with Gasteiger partial charge in [-0.2, -0.15) is 0 Å². The lowest BCUT2D eigenvalue weighted by Crippen LogP contribution is -2.42. The van der Waals surface area contributed by atoms with Gasteiger partial charge in [0.25, 0.3) is 5.91 Å². The van der Waals surface area contributed by atoms with Gasteiger partial charge in [0.15, 0.2) is 0 Å². The number of ether oxygens (including phenoxy) is 1. The molecule has 0 bridgehead atoms. The lowest BCUT2D eigenvalue weighted by molar-refractivity contribution is -0.140. The Kier molecular flexibility index (Phi) is 6.11. The predicted molar refractivity (Wildman–Crippen MR) is 85.1 cm³/mol. The quantitative estimate of drug-likeness (QED) is 0.847. The lowest BCUT2D eigenvalue weighted by atomic mass is 10.0. The normalized spacial score (nSPS) is 12.8. The molecular formula is C17H25NO4. The molecule has 0 aliphatic carbocycles. The van der Waals surface area contributed by atoms with Crippen molar-refractivity contribution in [3.8, 4) is 0 Å². The van der Waals surface area contributed by atoms with E-state index >= 15 is 0 Å². The molecule has 0 aliphatic rings. The molecule has 0 aromatic heterocycles. The molecule has 1 aromatic rings. The zero-order valence-corrected chi connectivity index (χ0v) is 13.9. The zero-order valence-electron chi connectivity index (χ0n) is 13.9. The first-order chi connectivity index (χ1) is 10.1. The molecule has 1 unspecified atom stereocenters. The zero-order chi connectivity index (χ0) is 16.9. The van der Waals surface area contributed by atoms with E-state index in [4.69, 9.17) is 4.74 Å². The van der Waals surface area contributed by atoms with Crippen molar-refractivity contribution in [1.29, 1.82) is 0 Å². The van der Waals surface area contributed by atoms with Crippen molar-refractivity contribution in [1.82, 2.24) is 5.32 Å². The number of aryl methyl sites for hydroxylation is 1. The summed E-state index contributed by atoms with van der Waals surface area (Å²) in [6, 6.07) is 4.44. The molecule has 22 heavy (non-hydrogen) atoms. The molecule has 0 fully saturated rings. The van der Waals surface area contributed by atoms with Crippen LogP contribution in [-0.4, -0.2) is 35.2 Å². The van der Waals surface area contributed by atoms with Gasteiger partial charge in [-0.15, -0.1) is 0 Å². The van der Waals surface area contributed by atoms with Crippen LogP contribution >= 0.6 is 0 Å². The van der Waals surface area contributed by atoms with E-state index in [2.05, 4.69) is 5.32 Å². The fraction of sp³-hybridized carbons (Fsp3) is 0.529. The molecule has 1 aromatic carbocycles. The molecule has 0 saturated heterocycles. The van der Waals surface area contributed by atoms with Crippen molar-refractivity contribution in [3.05, 3.63) is 34.9 Å². The molecule has 2 N–H and O–H groups in total. The van der Waals surface area contributed by atoms with E-state index in [0.717, 1.165) is 11.1 Å². The number of hydrogen-bond acceptors (Lipinski definition) is 3. The van der Waals surface area contributed by atoms with Gasteiger partial charge in [-0.3, -0.25) is 4.79 Å². The van der Waals surface area contributed by atoms with E-state index in [0.29, 0.717) is 5.56 Å². The van der Waals surface area contributed by atoms with Crippen LogP contribution in [0.15, 0.2) is 18.2 Å². The highest BCUT2D eigenvalue weighted by Crippen LogP contribution is 2.13. The third kappa shape index (κ3) is 5.48. The molecule has 5 nitrogen and oxygen atoms in total. The van der Waals surface area contributed by atoms with Crippen LogP contribution in [-0.2, 0) is 9.53 Å². The van der Waals surface area contributed by atoms with Gasteiger partial charge in [-0.1, -0.05) is 12.1 Å². The van der Waals surface area contributed by atoms with Crippen LogP contribution in [0.1, 0.15) is 48.7 Å². The Bertz CT molecular complexity index is 546. The van der Waals surface area contributed by atoms with Gasteiger partial charge in [0.05, 0.1) is 5.60 Å². The maximum atomic E-state index is 12.3. The summed E-state index contributed by atoms with van der Waals surface area (Å²) in [6.45, 7) is 9.74. The van der Waals surface area contributed by atoms with Crippen molar-refractivity contribution in [2.45, 2.75) is 52.7 Å². The average Bonchev–Trinajstić information content (AvgIpc) is 2.39. The number of benzene rings is 1. The van der Waals surface area contributed by atoms with Crippen molar-refractivity contribution >= 4 is 11.9 Å². The molecule has 1 amide bonds. The van der Waals surface area contributed by atoms with Gasteiger partial charge in [0.1, 0.15) is 6.04 Å². The summed E-state index contributed by atoms with van der Waals surface area (Å²) in [5.74, 6) is -1.43. The second kappa shape index (κ2) is 7.40. The number of nitrogens with one attached hydrogen (secondary N) is 1. The fourth-order valence-electron chi connectivity index (χ4n) is 1.97. The summed E-state index contributed by atoms with van der Waals surface area (Å²) >= 11 is 0. The second-order valence-electron chi connectivity index (χ2n) is 6.36. The van der Waals surface area contributed by atoms with Gasteiger partial charge >= 0.3 is 5.97 Å². The Morgan fingerprint density at radius 1 is 1.27 bits per heavy atom. The van der Waals surface area contributed by atoms with E-state index in [1.54, 1.807) is 12.1 Å². The minimum atomic E-state index is -1.06. The first kappa shape index (κ1) is 18.2. The molecule has 0 saturated carbocycles. The lowest BCUT2D eigenvalue weighted by Gasteiger charge is -2.21. The standard InChI is InChI=1S/C17H25NO4/c1-11-7-6-8-13(12(11)2)15(19)18-14(16(20)21)9-10-22-17(3,4)5/h6-8,14H,9-10H2,1-5H3,(H,18,19)(H,20,21). The minimum absolute atomic E-state index is 0.225. The molecule has 1 rings (SSSR count). The maximum Gasteiger partial charge on any atom is 0.326 e. The monoisotopic (exact) mass is 307 g/mol. The number of aliphatic carboxylic acids is 1. The van der Waals surface area contributed by atoms with Gasteiger partial charge in [-0.25, -0.2) is 4.79 Å². The topological polar surface area (TPSA) is 75.6 Å². The maximum absolute atomic E-state index is 12.3. The highest BCUT2D eigenvalue weighted by Gasteiger charge is 2.22. The van der Waals surface area contributed by atoms with Crippen LogP contribution in [0, 0.1) is 13.8 Å². The Labute approximate surface area is 131 Å². The summed E-state index contributed by atoms with van der Waals surface area (Å²) in [5.41, 5.74) is 2.02. The van der Waals surface area contributed by atoms with Crippen LogP contribution in [0.4, 0.5) is 0 Å². The van der Waals surface area contributed by atoms with Crippen LogP contribution in [0.25, 0.3) is 0 Å². The van der Waals surface area contributed by atoms with Crippen LogP contribution in [0.3, 0.4) is 0 Å². The highest BCUT2D eigenvalue weighted by atomic mass is 16.5. The average molecular weight is 307 g/mol. The first-order valence-electron chi connectivity index (χ1n) is 7.35. The van der Waals surface area contributed by atoms with E-state index < -0.39 is 12.0 Å². The van der Waals surface area contributed by atoms with E-state index in [1.807, 2.05) is 40.7 Å². The Morgan fingerprint density at radius 2 is 1.91 bits per heavy atom. The molecule has 0 aliphatic heterocycles. The highest BCUT2D eigenvalue weighted by molar-refractivity contribution is 5.98. The summed E-state index contributed by atoms with van der Waals surface area (Å²) in [6.07, 6.45) is 0.225. The third-order valence-corrected chi connectivity index (χ3v) is 3.39. The van der Waals surface area contributed by atoms with Crippen LogP contribution in [0.2, 0.25) is 0 Å². The van der Waals surface area contributed by atoms with Crippen molar-refractivity contribution in [3.63, 3.8) is 0 Å². The fourth-order valence-corrected chi connectivity index (χ4v) is 1.97. The Morgan fingerprint density at radius 3 is 2.45 bits per heavy atom. The molecule has 122 valence electrons. The van der Waals surface area contributed by atoms with Crippen molar-refractivity contribution in [2.75, 3.05) is 6.61 Å². The van der Waals surface area contributed by atoms with Gasteiger partial charge in [-0.05, 0) is 51.8 Å². The number of carbonyl (C=O) groups excluding carboxylic acids is 1. The van der Waals surface area contributed by atoms with E-state index in [1.165, 1.54) is 0 Å². The van der Waals surface area contributed by atoms with E-state index in [9.17, 15) is 14.7 Å². The first-order valence-corrected chi connectivity index (χ1v) is 7.35. The third-order valence-electron chi connectivity index (χ3n) is 3.39. The molecule has 5 heteroatoms. The molecule has 0 heterocycles. The summed E-state index contributed by atoms with van der Waals surface area (Å²) in [5, 5.41) is 11.8. The molecule has 1 atom stereocenters. The number of amides is 1. The van der Waals surface area contributed by atoms with Crippen molar-refractivity contribution in [2.24, 2.45) is 0 Å². The van der Waals surface area contributed by atoms with E-state index in [-0.39, 0.29) is 24.5 Å². The SMILES string of the molecule is Cc1cccc(C(=O)NC(CCOC(C)(C)C)C(=O)O)c1C. The van der Waals surface area contributed by atoms with Crippen LogP contribution in [0.5, 0.6) is 0 Å². The van der Waals surface area contributed by atoms with Gasteiger partial charge in [0, 0.05) is 18.6 Å². The van der Waals surface area contributed by atoms with Crippen molar-refractivity contribution < 1.29 is 19.4 Å². The summed E-state index contributed by atoms with van der Waals surface area (Å²) in [7, 11) is 0. The number of hydrogen-bond donors (Lipinski definition) is 2. The van der Waals surface area contributed by atoms with Gasteiger partial charge in [0.2, 0.25) is 0 Å². The molecular weight excluding hydrogens is 282 g/mol.